The molecule has 0 rings (SSSR count). The molecule has 0 heterocycles. The number of hydrogen-bond acceptors (Lipinski definition) is 5. The Morgan fingerprint density at radius 3 is 2.27 bits per heavy atom. The van der Waals surface area contributed by atoms with Crippen molar-refractivity contribution in [1.82, 2.24) is 0 Å². The van der Waals surface area contributed by atoms with E-state index in [1.54, 1.807) is 0 Å². The Labute approximate surface area is 163 Å². The van der Waals surface area contributed by atoms with Crippen molar-refractivity contribution in [2.45, 2.75) is 66.7 Å². The van der Waals surface area contributed by atoms with Gasteiger partial charge in [-0.2, -0.15) is 11.8 Å². The lowest BCUT2D eigenvalue weighted by molar-refractivity contribution is -0.141. The maximum Gasteiger partial charge on any atom is 0.302 e. The van der Waals surface area contributed by atoms with E-state index in [0.29, 0.717) is 19.1 Å². The van der Waals surface area contributed by atoms with E-state index in [9.17, 15) is 9.59 Å². The van der Waals surface area contributed by atoms with Crippen molar-refractivity contribution in [2.24, 2.45) is 5.92 Å². The van der Waals surface area contributed by atoms with E-state index in [1.165, 1.54) is 37.8 Å². The van der Waals surface area contributed by atoms with Crippen molar-refractivity contribution in [3.63, 3.8) is 0 Å². The molecule has 0 bridgehead atoms. The van der Waals surface area contributed by atoms with Gasteiger partial charge in [-0.25, -0.2) is 0 Å². The Morgan fingerprint density at radius 2 is 1.62 bits per heavy atom. The Bertz CT molecular complexity index is 469. The maximum atomic E-state index is 10.7. The molecule has 0 saturated heterocycles. The van der Waals surface area contributed by atoms with Crippen LogP contribution in [-0.2, 0) is 19.1 Å². The lowest BCUT2D eigenvalue weighted by atomic mass is 10.0. The van der Waals surface area contributed by atoms with Gasteiger partial charge in [0, 0.05) is 19.6 Å². The molecule has 0 aromatic rings. The Kier molecular flexibility index (Phi) is 15.2. The van der Waals surface area contributed by atoms with Crippen LogP contribution in [-0.4, -0.2) is 36.7 Å². The van der Waals surface area contributed by atoms with Gasteiger partial charge in [-0.15, -0.1) is 0 Å². The second kappa shape index (κ2) is 16.0. The normalized spacial score (nSPS) is 13.4. The molecule has 4 nitrogen and oxygen atoms in total. The van der Waals surface area contributed by atoms with Gasteiger partial charge in [-0.3, -0.25) is 9.59 Å². The van der Waals surface area contributed by atoms with Gasteiger partial charge < -0.3 is 9.47 Å². The van der Waals surface area contributed by atoms with Crippen molar-refractivity contribution >= 4 is 23.7 Å². The predicted molar refractivity (Wildman–Crippen MR) is 110 cm³/mol. The van der Waals surface area contributed by atoms with Crippen molar-refractivity contribution in [3.8, 4) is 0 Å². The van der Waals surface area contributed by atoms with E-state index < -0.39 is 0 Å². The lowest BCUT2D eigenvalue weighted by Gasteiger charge is -2.11. The SMILES string of the molecule is CC(=O)OC/C=C(/C)CC/C=C(\C)CCCC(C)CSCCOC(C)=O. The summed E-state index contributed by atoms with van der Waals surface area (Å²) in [6.45, 7) is 10.3. The Hall–Kier alpha value is -1.23. The molecule has 0 saturated carbocycles. The highest BCUT2D eigenvalue weighted by Gasteiger charge is 2.03. The van der Waals surface area contributed by atoms with Crippen molar-refractivity contribution in [2.75, 3.05) is 24.7 Å². The second-order valence-corrected chi connectivity index (χ2v) is 8.00. The first kappa shape index (κ1) is 24.8. The van der Waals surface area contributed by atoms with E-state index >= 15 is 0 Å². The summed E-state index contributed by atoms with van der Waals surface area (Å²) in [4.78, 5) is 21.4. The van der Waals surface area contributed by atoms with Crippen molar-refractivity contribution in [1.29, 1.82) is 0 Å². The van der Waals surface area contributed by atoms with Gasteiger partial charge in [0.1, 0.15) is 13.2 Å². The molecule has 1 unspecified atom stereocenters. The first-order valence-corrected chi connectivity index (χ1v) is 10.6. The number of carbonyl (C=O) groups excluding carboxylic acids is 2. The summed E-state index contributed by atoms with van der Waals surface area (Å²) in [5.74, 6) is 2.26. The average molecular weight is 385 g/mol. The number of thioether (sulfide) groups is 1. The molecular formula is C21H36O4S. The third kappa shape index (κ3) is 17.6. The minimum absolute atomic E-state index is 0.198. The molecule has 1 atom stereocenters. The topological polar surface area (TPSA) is 52.6 Å². The largest absolute Gasteiger partial charge is 0.465 e. The van der Waals surface area contributed by atoms with Crippen LogP contribution in [0.5, 0.6) is 0 Å². The summed E-state index contributed by atoms with van der Waals surface area (Å²) in [5.41, 5.74) is 2.71. The van der Waals surface area contributed by atoms with Crippen LogP contribution in [0.4, 0.5) is 0 Å². The molecule has 0 aliphatic heterocycles. The zero-order valence-corrected chi connectivity index (χ0v) is 18.0. The molecular weight excluding hydrogens is 348 g/mol. The summed E-state index contributed by atoms with van der Waals surface area (Å²) in [7, 11) is 0. The molecule has 0 N–H and O–H groups in total. The highest BCUT2D eigenvalue weighted by molar-refractivity contribution is 7.99. The van der Waals surface area contributed by atoms with Crippen LogP contribution in [0.3, 0.4) is 0 Å². The molecule has 0 aromatic heterocycles. The molecule has 0 aliphatic carbocycles. The lowest BCUT2D eigenvalue weighted by Crippen LogP contribution is -2.05. The zero-order chi connectivity index (χ0) is 19.8. The van der Waals surface area contributed by atoms with Crippen molar-refractivity contribution in [3.05, 3.63) is 23.3 Å². The van der Waals surface area contributed by atoms with E-state index in [1.807, 2.05) is 17.8 Å². The van der Waals surface area contributed by atoms with E-state index in [-0.39, 0.29) is 11.9 Å². The Morgan fingerprint density at radius 1 is 0.962 bits per heavy atom. The minimum Gasteiger partial charge on any atom is -0.465 e. The van der Waals surface area contributed by atoms with Crippen LogP contribution < -0.4 is 0 Å². The third-order valence-electron chi connectivity index (χ3n) is 3.95. The average Bonchev–Trinajstić information content (AvgIpc) is 2.53. The van der Waals surface area contributed by atoms with Gasteiger partial charge in [-0.1, -0.05) is 24.1 Å². The van der Waals surface area contributed by atoms with Crippen LogP contribution >= 0.6 is 11.8 Å². The van der Waals surface area contributed by atoms with Gasteiger partial charge in [0.2, 0.25) is 0 Å². The summed E-state index contributed by atoms with van der Waals surface area (Å²) in [6, 6.07) is 0. The van der Waals surface area contributed by atoms with Gasteiger partial charge in [0.15, 0.2) is 0 Å². The second-order valence-electron chi connectivity index (χ2n) is 6.85. The smallest absolute Gasteiger partial charge is 0.302 e. The fourth-order valence-corrected chi connectivity index (χ4v) is 3.33. The number of hydrogen-bond donors (Lipinski definition) is 0. The highest BCUT2D eigenvalue weighted by Crippen LogP contribution is 2.17. The molecule has 0 radical (unpaired) electrons. The number of carbonyl (C=O) groups is 2. The molecule has 26 heavy (non-hydrogen) atoms. The molecule has 0 aromatic carbocycles. The number of ether oxygens (including phenoxy) is 2. The van der Waals surface area contributed by atoms with Gasteiger partial charge in [0.25, 0.3) is 0 Å². The van der Waals surface area contributed by atoms with Gasteiger partial charge in [-0.05, 0) is 63.7 Å². The Balaban J connectivity index is 3.73. The van der Waals surface area contributed by atoms with E-state index in [0.717, 1.165) is 30.8 Å². The quantitative estimate of drug-likeness (QED) is 0.230. The highest BCUT2D eigenvalue weighted by atomic mass is 32.2. The van der Waals surface area contributed by atoms with Gasteiger partial charge in [0.05, 0.1) is 0 Å². The number of rotatable bonds is 14. The molecule has 0 amide bonds. The molecule has 0 fully saturated rings. The number of allylic oxidation sites excluding steroid dienone is 3. The monoisotopic (exact) mass is 384 g/mol. The maximum absolute atomic E-state index is 10.7. The number of esters is 2. The first-order chi connectivity index (χ1) is 12.3. The van der Waals surface area contributed by atoms with E-state index in [4.69, 9.17) is 9.47 Å². The first-order valence-electron chi connectivity index (χ1n) is 9.47. The summed E-state index contributed by atoms with van der Waals surface area (Å²) < 4.78 is 9.84. The molecule has 150 valence electrons. The summed E-state index contributed by atoms with van der Waals surface area (Å²) in [6.07, 6.45) is 9.94. The van der Waals surface area contributed by atoms with Crippen LogP contribution in [0.2, 0.25) is 0 Å². The van der Waals surface area contributed by atoms with Gasteiger partial charge >= 0.3 is 11.9 Å². The third-order valence-corrected chi connectivity index (χ3v) is 5.21. The predicted octanol–water partition coefficient (Wildman–Crippen LogP) is 5.33. The standard InChI is InChI=1S/C21H36O4S/c1-17(8-6-10-18(2)12-13-24-20(4)22)9-7-11-19(3)16-26-15-14-25-21(5)23/h8,12,19H,6-7,9-11,13-16H2,1-5H3/b17-8+,18-12-. The molecule has 5 heteroatoms. The molecule has 0 aliphatic rings. The van der Waals surface area contributed by atoms with Crippen molar-refractivity contribution < 1.29 is 19.1 Å². The van der Waals surface area contributed by atoms with Crippen LogP contribution in [0.15, 0.2) is 23.3 Å². The van der Waals surface area contributed by atoms with Crippen LogP contribution in [0.1, 0.15) is 66.7 Å². The molecule has 0 spiro atoms. The fraction of sp³-hybridized carbons (Fsp3) is 0.714. The van der Waals surface area contributed by atoms with E-state index in [2.05, 4.69) is 26.8 Å². The summed E-state index contributed by atoms with van der Waals surface area (Å²) >= 11 is 1.86. The minimum atomic E-state index is -0.234. The van der Waals surface area contributed by atoms with Crippen LogP contribution in [0.25, 0.3) is 0 Å². The van der Waals surface area contributed by atoms with Crippen LogP contribution in [0, 0.1) is 5.92 Å². The fourth-order valence-electron chi connectivity index (χ4n) is 2.39. The zero-order valence-electron chi connectivity index (χ0n) is 17.1. The summed E-state index contributed by atoms with van der Waals surface area (Å²) in [5, 5.41) is 0.